The normalized spacial score (nSPS) is 19.8. The maximum atomic E-state index is 12.8. The molecule has 1 aromatic carbocycles. The van der Waals surface area contributed by atoms with Gasteiger partial charge in [0.05, 0.1) is 0 Å². The van der Waals surface area contributed by atoms with Crippen LogP contribution in [-0.4, -0.2) is 28.2 Å². The predicted molar refractivity (Wildman–Crippen MR) is 115 cm³/mol. The zero-order valence-corrected chi connectivity index (χ0v) is 18.4. The van der Waals surface area contributed by atoms with Crippen molar-refractivity contribution in [2.45, 2.75) is 78.6 Å². The van der Waals surface area contributed by atoms with Crippen LogP contribution in [0.15, 0.2) is 17.9 Å². The highest BCUT2D eigenvalue weighted by Gasteiger charge is 2.34. The standard InChI is InChI=1S/C23H34O3S/c1-7-9-18(8-2)27-13-17(6)20-12-19(24)22(23(25)26-20)21-15(4)10-14(3)11-16(21)5/h10-11,17-18,20,24H,7-9,12-13H2,1-6H3. The molecular formula is C23H34O3S. The zero-order valence-electron chi connectivity index (χ0n) is 17.6. The number of carbonyl (C=O) groups is 1. The Morgan fingerprint density at radius 3 is 2.37 bits per heavy atom. The van der Waals surface area contributed by atoms with Crippen molar-refractivity contribution < 1.29 is 14.6 Å². The van der Waals surface area contributed by atoms with Crippen LogP contribution < -0.4 is 0 Å². The van der Waals surface area contributed by atoms with E-state index in [4.69, 9.17) is 4.74 Å². The molecule has 3 nitrogen and oxygen atoms in total. The van der Waals surface area contributed by atoms with E-state index in [1.807, 2.05) is 44.7 Å². The number of aliphatic hydroxyl groups is 1. The largest absolute Gasteiger partial charge is 0.511 e. The highest BCUT2D eigenvalue weighted by atomic mass is 32.2. The maximum absolute atomic E-state index is 12.8. The summed E-state index contributed by atoms with van der Waals surface area (Å²) in [5.41, 5.74) is 4.31. The number of hydrogen-bond acceptors (Lipinski definition) is 4. The molecule has 0 saturated heterocycles. The van der Waals surface area contributed by atoms with Gasteiger partial charge in [0.2, 0.25) is 0 Å². The number of benzene rings is 1. The molecule has 0 bridgehead atoms. The lowest BCUT2D eigenvalue weighted by atomic mass is 9.89. The van der Waals surface area contributed by atoms with Crippen molar-refractivity contribution in [1.82, 2.24) is 0 Å². The molecule has 0 spiro atoms. The molecule has 1 aromatic rings. The minimum absolute atomic E-state index is 0.170. The lowest BCUT2D eigenvalue weighted by molar-refractivity contribution is -0.145. The second-order valence-corrected chi connectivity index (χ2v) is 9.21. The molecule has 0 aliphatic carbocycles. The molecule has 1 aliphatic heterocycles. The van der Waals surface area contributed by atoms with Gasteiger partial charge in [-0.1, -0.05) is 44.9 Å². The predicted octanol–water partition coefficient (Wildman–Crippen LogP) is 6.14. The van der Waals surface area contributed by atoms with Gasteiger partial charge in [0.1, 0.15) is 17.4 Å². The van der Waals surface area contributed by atoms with Crippen molar-refractivity contribution in [3.8, 4) is 0 Å². The van der Waals surface area contributed by atoms with Crippen LogP contribution in [0.3, 0.4) is 0 Å². The van der Waals surface area contributed by atoms with Crippen molar-refractivity contribution in [3.63, 3.8) is 0 Å². The Kier molecular flexibility index (Phi) is 7.84. The summed E-state index contributed by atoms with van der Waals surface area (Å²) in [5.74, 6) is 0.940. The van der Waals surface area contributed by atoms with E-state index in [1.54, 1.807) is 0 Å². The van der Waals surface area contributed by atoms with Crippen molar-refractivity contribution in [2.24, 2.45) is 5.92 Å². The van der Waals surface area contributed by atoms with Gasteiger partial charge in [0, 0.05) is 17.6 Å². The van der Waals surface area contributed by atoms with Crippen LogP contribution in [0.25, 0.3) is 5.57 Å². The summed E-state index contributed by atoms with van der Waals surface area (Å²) in [6.45, 7) is 12.6. The molecule has 1 N–H and O–H groups in total. The second kappa shape index (κ2) is 9.68. The maximum Gasteiger partial charge on any atom is 0.342 e. The Bertz CT molecular complexity index is 685. The number of aliphatic hydroxyl groups excluding tert-OH is 1. The molecular weight excluding hydrogens is 356 g/mol. The minimum Gasteiger partial charge on any atom is -0.511 e. The van der Waals surface area contributed by atoms with Gasteiger partial charge in [-0.3, -0.25) is 0 Å². The molecule has 0 radical (unpaired) electrons. The van der Waals surface area contributed by atoms with E-state index in [9.17, 15) is 9.90 Å². The first-order valence-corrected chi connectivity index (χ1v) is 11.2. The average molecular weight is 391 g/mol. The third-order valence-corrected chi connectivity index (χ3v) is 7.13. The highest BCUT2D eigenvalue weighted by molar-refractivity contribution is 7.99. The van der Waals surface area contributed by atoms with Crippen molar-refractivity contribution in [3.05, 3.63) is 40.1 Å². The summed E-state index contributed by atoms with van der Waals surface area (Å²) in [6, 6.07) is 4.08. The first kappa shape index (κ1) is 21.9. The topological polar surface area (TPSA) is 46.5 Å². The average Bonchev–Trinajstić information content (AvgIpc) is 2.59. The van der Waals surface area contributed by atoms with Gasteiger partial charge in [-0.05, 0) is 56.1 Å². The lowest BCUT2D eigenvalue weighted by Crippen LogP contribution is -2.32. The molecule has 4 heteroatoms. The van der Waals surface area contributed by atoms with E-state index in [0.717, 1.165) is 34.4 Å². The molecule has 0 aromatic heterocycles. The van der Waals surface area contributed by atoms with Gasteiger partial charge in [-0.15, -0.1) is 0 Å². The van der Waals surface area contributed by atoms with Gasteiger partial charge in [0.15, 0.2) is 0 Å². The Hall–Kier alpha value is -1.42. The fraction of sp³-hybridized carbons (Fsp3) is 0.609. The number of rotatable bonds is 8. The molecule has 2 rings (SSSR count). The van der Waals surface area contributed by atoms with Gasteiger partial charge in [-0.2, -0.15) is 11.8 Å². The van der Waals surface area contributed by atoms with E-state index in [1.165, 1.54) is 12.8 Å². The van der Waals surface area contributed by atoms with Crippen LogP contribution in [0, 0.1) is 26.7 Å². The van der Waals surface area contributed by atoms with Crippen LogP contribution in [0.4, 0.5) is 0 Å². The van der Waals surface area contributed by atoms with Crippen molar-refractivity contribution in [2.75, 3.05) is 5.75 Å². The van der Waals surface area contributed by atoms with Crippen molar-refractivity contribution >= 4 is 23.3 Å². The summed E-state index contributed by atoms with van der Waals surface area (Å²) in [7, 11) is 0. The first-order valence-electron chi connectivity index (χ1n) is 10.1. The third kappa shape index (κ3) is 5.31. The first-order chi connectivity index (χ1) is 12.8. The molecule has 1 heterocycles. The summed E-state index contributed by atoms with van der Waals surface area (Å²) in [6.07, 6.45) is 3.73. The van der Waals surface area contributed by atoms with Gasteiger partial charge >= 0.3 is 5.97 Å². The SMILES string of the molecule is CCCC(CC)SCC(C)C1CC(O)=C(c2c(C)cc(C)cc2C)C(=O)O1. The molecule has 1 aliphatic rings. The summed E-state index contributed by atoms with van der Waals surface area (Å²) >= 11 is 1.97. The zero-order chi connectivity index (χ0) is 20.1. The smallest absolute Gasteiger partial charge is 0.342 e. The highest BCUT2D eigenvalue weighted by Crippen LogP contribution is 2.35. The Labute approximate surface area is 168 Å². The number of carbonyl (C=O) groups excluding carboxylic acids is 1. The Morgan fingerprint density at radius 1 is 1.22 bits per heavy atom. The minimum atomic E-state index is -0.392. The van der Waals surface area contributed by atoms with Crippen LogP contribution >= 0.6 is 11.8 Å². The molecule has 3 unspecified atom stereocenters. The van der Waals surface area contributed by atoms with Gasteiger partial charge in [-0.25, -0.2) is 4.79 Å². The van der Waals surface area contributed by atoms with Gasteiger partial charge in [0.25, 0.3) is 0 Å². The summed E-state index contributed by atoms with van der Waals surface area (Å²) in [4.78, 5) is 12.8. The number of hydrogen-bond donors (Lipinski definition) is 1. The number of esters is 1. The number of aryl methyl sites for hydroxylation is 3. The van der Waals surface area contributed by atoms with Crippen LogP contribution in [0.5, 0.6) is 0 Å². The van der Waals surface area contributed by atoms with Crippen LogP contribution in [-0.2, 0) is 9.53 Å². The van der Waals surface area contributed by atoms with E-state index in [0.29, 0.717) is 17.2 Å². The van der Waals surface area contributed by atoms with E-state index < -0.39 is 5.97 Å². The monoisotopic (exact) mass is 390 g/mol. The fourth-order valence-electron chi connectivity index (χ4n) is 3.91. The molecule has 0 saturated carbocycles. The molecule has 0 fully saturated rings. The fourth-order valence-corrected chi connectivity index (χ4v) is 5.34. The summed E-state index contributed by atoms with van der Waals surface area (Å²) in [5, 5.41) is 11.4. The molecule has 150 valence electrons. The third-order valence-electron chi connectivity index (χ3n) is 5.37. The Morgan fingerprint density at radius 2 is 1.85 bits per heavy atom. The quantitative estimate of drug-likeness (QED) is 0.541. The van der Waals surface area contributed by atoms with Crippen LogP contribution in [0.2, 0.25) is 0 Å². The van der Waals surface area contributed by atoms with E-state index in [2.05, 4.69) is 20.8 Å². The molecule has 27 heavy (non-hydrogen) atoms. The number of cyclic esters (lactones) is 1. The lowest BCUT2D eigenvalue weighted by Gasteiger charge is -2.30. The second-order valence-electron chi connectivity index (χ2n) is 7.87. The van der Waals surface area contributed by atoms with Crippen LogP contribution in [0.1, 0.15) is 68.7 Å². The number of thioether (sulfide) groups is 1. The summed E-state index contributed by atoms with van der Waals surface area (Å²) < 4.78 is 5.78. The van der Waals surface area contributed by atoms with Crippen molar-refractivity contribution in [1.29, 1.82) is 0 Å². The Balaban J connectivity index is 2.15. The van der Waals surface area contributed by atoms with E-state index >= 15 is 0 Å². The van der Waals surface area contributed by atoms with E-state index in [-0.39, 0.29) is 17.8 Å². The number of ether oxygens (including phenoxy) is 1. The molecule has 0 amide bonds. The van der Waals surface area contributed by atoms with Gasteiger partial charge < -0.3 is 9.84 Å². The molecule has 3 atom stereocenters.